The van der Waals surface area contributed by atoms with Crippen LogP contribution in [0.4, 0.5) is 14.5 Å². The van der Waals surface area contributed by atoms with Crippen LogP contribution >= 0.6 is 11.8 Å². The summed E-state index contributed by atoms with van der Waals surface area (Å²) >= 11 is 1.92. The van der Waals surface area contributed by atoms with Gasteiger partial charge in [-0.25, -0.2) is 8.78 Å². The molecule has 0 radical (unpaired) electrons. The van der Waals surface area contributed by atoms with Gasteiger partial charge in [-0.1, -0.05) is 0 Å². The van der Waals surface area contributed by atoms with E-state index in [4.69, 9.17) is 0 Å². The van der Waals surface area contributed by atoms with E-state index >= 15 is 0 Å². The monoisotopic (exact) mass is 314 g/mol. The molecule has 21 heavy (non-hydrogen) atoms. The normalized spacial score (nSPS) is 15.8. The fourth-order valence-electron chi connectivity index (χ4n) is 2.34. The van der Waals surface area contributed by atoms with E-state index in [0.717, 1.165) is 36.5 Å². The number of carbonyl (C=O) groups is 1. The van der Waals surface area contributed by atoms with Gasteiger partial charge in [0.05, 0.1) is 0 Å². The highest BCUT2D eigenvalue weighted by molar-refractivity contribution is 7.99. The van der Waals surface area contributed by atoms with Gasteiger partial charge in [-0.05, 0) is 49.3 Å². The van der Waals surface area contributed by atoms with Crippen molar-refractivity contribution < 1.29 is 13.6 Å². The number of rotatable bonds is 5. The second kappa shape index (κ2) is 7.64. The number of nitrogens with one attached hydrogen (secondary N) is 2. The lowest BCUT2D eigenvalue weighted by atomic mass is 10.0. The number of halogens is 2. The van der Waals surface area contributed by atoms with E-state index in [0.29, 0.717) is 19.0 Å². The summed E-state index contributed by atoms with van der Waals surface area (Å²) in [6.07, 6.45) is 2.15. The third kappa shape index (κ3) is 4.33. The number of anilines is 1. The van der Waals surface area contributed by atoms with Gasteiger partial charge in [-0.3, -0.25) is 4.79 Å². The van der Waals surface area contributed by atoms with Crippen LogP contribution in [-0.4, -0.2) is 30.5 Å². The molecule has 0 bridgehead atoms. The zero-order chi connectivity index (χ0) is 15.2. The first-order valence-corrected chi connectivity index (χ1v) is 8.36. The average molecular weight is 314 g/mol. The average Bonchev–Trinajstić information content (AvgIpc) is 2.49. The van der Waals surface area contributed by atoms with E-state index in [2.05, 4.69) is 10.6 Å². The molecule has 0 aromatic heterocycles. The van der Waals surface area contributed by atoms with Gasteiger partial charge in [-0.2, -0.15) is 11.8 Å². The predicted molar refractivity (Wildman–Crippen MR) is 82.9 cm³/mol. The molecule has 2 N–H and O–H groups in total. The Kier molecular flexibility index (Phi) is 5.85. The molecule has 0 atom stereocenters. The molecular formula is C15H20F2N2OS. The molecule has 116 valence electrons. The summed E-state index contributed by atoms with van der Waals surface area (Å²) in [5, 5.41) is 5.38. The standard InChI is InChI=1S/C15H20F2N2OS/c1-2-18-14-12(16)7-11(8-13(14)17)15(20)19-9-10-3-5-21-6-4-10/h7-8,10,18H,2-6,9H2,1H3,(H,19,20). The van der Waals surface area contributed by atoms with Gasteiger partial charge in [-0.15, -0.1) is 0 Å². The molecule has 1 amide bonds. The first-order valence-electron chi connectivity index (χ1n) is 7.20. The molecule has 1 heterocycles. The van der Waals surface area contributed by atoms with Crippen LogP contribution in [0.5, 0.6) is 0 Å². The van der Waals surface area contributed by atoms with E-state index in [1.165, 1.54) is 0 Å². The molecule has 1 aliphatic heterocycles. The summed E-state index contributed by atoms with van der Waals surface area (Å²) in [7, 11) is 0. The van der Waals surface area contributed by atoms with E-state index < -0.39 is 17.5 Å². The molecule has 0 aliphatic carbocycles. The first kappa shape index (κ1) is 16.1. The van der Waals surface area contributed by atoms with Crippen LogP contribution in [0.3, 0.4) is 0 Å². The minimum absolute atomic E-state index is 0.0248. The Hall–Kier alpha value is -1.30. The molecule has 1 aromatic carbocycles. The Labute approximate surface area is 127 Å². The van der Waals surface area contributed by atoms with Gasteiger partial charge >= 0.3 is 0 Å². The molecule has 1 aromatic rings. The van der Waals surface area contributed by atoms with Crippen molar-refractivity contribution in [3.63, 3.8) is 0 Å². The lowest BCUT2D eigenvalue weighted by Gasteiger charge is -2.21. The van der Waals surface area contributed by atoms with Gasteiger partial charge in [0.25, 0.3) is 5.91 Å². The minimum Gasteiger partial charge on any atom is -0.381 e. The van der Waals surface area contributed by atoms with Crippen LogP contribution in [0.25, 0.3) is 0 Å². The van der Waals surface area contributed by atoms with E-state index in [1.54, 1.807) is 6.92 Å². The van der Waals surface area contributed by atoms with Crippen molar-refractivity contribution in [2.45, 2.75) is 19.8 Å². The second-order valence-electron chi connectivity index (χ2n) is 5.11. The Bertz CT molecular complexity index is 481. The summed E-state index contributed by atoms with van der Waals surface area (Å²) in [4.78, 5) is 12.0. The quantitative estimate of drug-likeness (QED) is 0.876. The third-order valence-corrected chi connectivity index (χ3v) is 4.60. The smallest absolute Gasteiger partial charge is 0.251 e. The lowest BCUT2D eigenvalue weighted by Crippen LogP contribution is -2.31. The molecule has 6 heteroatoms. The molecule has 1 saturated heterocycles. The number of hydrogen-bond acceptors (Lipinski definition) is 3. The summed E-state index contributed by atoms with van der Waals surface area (Å²) in [5.74, 6) is 0.787. The maximum atomic E-state index is 13.8. The topological polar surface area (TPSA) is 41.1 Å². The molecular weight excluding hydrogens is 294 g/mol. The molecule has 0 spiro atoms. The van der Waals surface area contributed by atoms with E-state index in [9.17, 15) is 13.6 Å². The lowest BCUT2D eigenvalue weighted by molar-refractivity contribution is 0.0945. The number of benzene rings is 1. The highest BCUT2D eigenvalue weighted by Gasteiger charge is 2.17. The fraction of sp³-hybridized carbons (Fsp3) is 0.533. The largest absolute Gasteiger partial charge is 0.381 e. The molecule has 1 fully saturated rings. The van der Waals surface area contributed by atoms with Crippen molar-refractivity contribution in [2.75, 3.05) is 29.9 Å². The van der Waals surface area contributed by atoms with Crippen LogP contribution < -0.4 is 10.6 Å². The number of carbonyl (C=O) groups excluding carboxylic acids is 1. The zero-order valence-corrected chi connectivity index (χ0v) is 12.9. The number of hydrogen-bond donors (Lipinski definition) is 2. The van der Waals surface area contributed by atoms with Gasteiger partial charge in [0, 0.05) is 18.7 Å². The van der Waals surface area contributed by atoms with Gasteiger partial charge < -0.3 is 10.6 Å². The Morgan fingerprint density at radius 2 is 1.90 bits per heavy atom. The van der Waals surface area contributed by atoms with E-state index in [1.807, 2.05) is 11.8 Å². The summed E-state index contributed by atoms with van der Waals surface area (Å²) in [6, 6.07) is 2.15. The minimum atomic E-state index is -0.740. The maximum absolute atomic E-state index is 13.8. The fourth-order valence-corrected chi connectivity index (χ4v) is 3.54. The maximum Gasteiger partial charge on any atom is 0.251 e. The van der Waals surface area contributed by atoms with Crippen molar-refractivity contribution in [3.05, 3.63) is 29.3 Å². The second-order valence-corrected chi connectivity index (χ2v) is 6.34. The molecule has 3 nitrogen and oxygen atoms in total. The number of thioether (sulfide) groups is 1. The van der Waals surface area contributed by atoms with Crippen LogP contribution in [0.2, 0.25) is 0 Å². The molecule has 2 rings (SSSR count). The van der Waals surface area contributed by atoms with E-state index in [-0.39, 0.29) is 11.3 Å². The summed E-state index contributed by atoms with van der Waals surface area (Å²) in [6.45, 7) is 2.73. The summed E-state index contributed by atoms with van der Waals surface area (Å²) in [5.41, 5.74) is -0.157. The van der Waals surface area contributed by atoms with Crippen LogP contribution in [-0.2, 0) is 0 Å². The molecule has 0 saturated carbocycles. The molecule has 1 aliphatic rings. The Morgan fingerprint density at radius 1 is 1.29 bits per heavy atom. The highest BCUT2D eigenvalue weighted by Crippen LogP contribution is 2.23. The zero-order valence-electron chi connectivity index (χ0n) is 12.0. The van der Waals surface area contributed by atoms with Gasteiger partial charge in [0.15, 0.2) is 0 Å². The third-order valence-electron chi connectivity index (χ3n) is 3.55. The van der Waals surface area contributed by atoms with Crippen molar-refractivity contribution in [1.29, 1.82) is 0 Å². The van der Waals surface area contributed by atoms with Crippen LogP contribution in [0.1, 0.15) is 30.1 Å². The van der Waals surface area contributed by atoms with Crippen molar-refractivity contribution >= 4 is 23.4 Å². The van der Waals surface area contributed by atoms with Gasteiger partial charge in [0.1, 0.15) is 17.3 Å². The predicted octanol–water partition coefficient (Wildman–Crippen LogP) is 3.27. The SMILES string of the molecule is CCNc1c(F)cc(C(=O)NCC2CCSCC2)cc1F. The Balaban J connectivity index is 1.98. The van der Waals surface area contributed by atoms with Crippen molar-refractivity contribution in [2.24, 2.45) is 5.92 Å². The summed E-state index contributed by atoms with van der Waals surface area (Å²) < 4.78 is 27.5. The van der Waals surface area contributed by atoms with Crippen LogP contribution in [0.15, 0.2) is 12.1 Å². The van der Waals surface area contributed by atoms with Crippen molar-refractivity contribution in [1.82, 2.24) is 5.32 Å². The Morgan fingerprint density at radius 3 is 2.48 bits per heavy atom. The first-order chi connectivity index (χ1) is 10.1. The van der Waals surface area contributed by atoms with Gasteiger partial charge in [0.2, 0.25) is 0 Å². The molecule has 0 unspecified atom stereocenters. The van der Waals surface area contributed by atoms with Crippen LogP contribution in [0, 0.1) is 17.6 Å². The highest BCUT2D eigenvalue weighted by atomic mass is 32.2. The number of amides is 1. The van der Waals surface area contributed by atoms with Crippen molar-refractivity contribution in [3.8, 4) is 0 Å².